The molecule has 0 spiro atoms. The van der Waals surface area contributed by atoms with Gasteiger partial charge in [-0.2, -0.15) is 0 Å². The van der Waals surface area contributed by atoms with E-state index in [0.29, 0.717) is 12.4 Å². The van der Waals surface area contributed by atoms with Gasteiger partial charge in [0.2, 0.25) is 0 Å². The molecule has 0 N–H and O–H groups in total. The highest BCUT2D eigenvalue weighted by Gasteiger charge is 2.50. The molecule has 1 unspecified atom stereocenters. The topological polar surface area (TPSA) is 65.1 Å². The van der Waals surface area contributed by atoms with Gasteiger partial charge in [-0.25, -0.2) is 0 Å². The van der Waals surface area contributed by atoms with E-state index in [1.165, 1.54) is 0 Å². The van der Waals surface area contributed by atoms with E-state index in [-0.39, 0.29) is 30.9 Å². The van der Waals surface area contributed by atoms with Crippen LogP contribution in [0.1, 0.15) is 30.5 Å². The fourth-order valence-corrected chi connectivity index (χ4v) is 2.73. The Labute approximate surface area is 159 Å². The van der Waals surface area contributed by atoms with Gasteiger partial charge < -0.3 is 14.2 Å². The predicted octanol–water partition coefficient (Wildman–Crippen LogP) is 3.57. The average Bonchev–Trinajstić information content (AvgIpc) is 3.42. The largest absolute Gasteiger partial charge is 0.462 e. The maximum atomic E-state index is 12.2. The summed E-state index contributed by atoms with van der Waals surface area (Å²) in [7, 11) is 0. The van der Waals surface area contributed by atoms with E-state index < -0.39 is 5.60 Å². The van der Waals surface area contributed by atoms with Gasteiger partial charge in [-0.05, 0) is 24.1 Å². The molecule has 2 aromatic rings. The van der Waals surface area contributed by atoms with Crippen molar-refractivity contribution in [3.63, 3.8) is 0 Å². The zero-order chi connectivity index (χ0) is 19.4. The third kappa shape index (κ3) is 4.74. The minimum atomic E-state index is -0.743. The van der Waals surface area contributed by atoms with Crippen molar-refractivity contribution in [3.8, 4) is 5.75 Å². The van der Waals surface area contributed by atoms with E-state index in [1.54, 1.807) is 13.8 Å². The zero-order valence-corrected chi connectivity index (χ0v) is 15.9. The summed E-state index contributed by atoms with van der Waals surface area (Å²) in [5.41, 5.74) is 1.86. The molecule has 2 aromatic carbocycles. The first-order valence-corrected chi connectivity index (χ1v) is 9.06. The van der Waals surface area contributed by atoms with Crippen LogP contribution in [0.15, 0.2) is 48.5 Å². The van der Waals surface area contributed by atoms with Crippen molar-refractivity contribution in [1.82, 2.24) is 0 Å². The van der Waals surface area contributed by atoms with Crippen LogP contribution in [0.3, 0.4) is 0 Å². The van der Waals surface area contributed by atoms with Gasteiger partial charge in [-0.3, -0.25) is 9.59 Å². The number of hydrogen-bond donors (Lipinski definition) is 0. The second-order valence-corrected chi connectivity index (χ2v) is 7.18. The molecule has 1 aliphatic rings. The molecule has 1 heterocycles. The second kappa shape index (κ2) is 7.92. The Morgan fingerprint density at radius 3 is 2.48 bits per heavy atom. The lowest BCUT2D eigenvalue weighted by Gasteiger charge is -2.18. The minimum absolute atomic E-state index is 0.0912. The lowest BCUT2D eigenvalue weighted by molar-refractivity contribution is -0.145. The Hall–Kier alpha value is -2.66. The number of carbonyl (C=O) groups is 2. The number of rotatable bonds is 7. The SMILES string of the molecule is Cc1ccc(C2(COC(=O)Cc3ccccc3)CO2)c(OC(=O)C(C)C)c1. The first-order chi connectivity index (χ1) is 12.9. The van der Waals surface area contributed by atoms with E-state index in [2.05, 4.69) is 0 Å². The van der Waals surface area contributed by atoms with Crippen molar-refractivity contribution in [1.29, 1.82) is 0 Å². The molecule has 5 nitrogen and oxygen atoms in total. The van der Waals surface area contributed by atoms with Gasteiger partial charge in [-0.15, -0.1) is 0 Å². The van der Waals surface area contributed by atoms with Crippen LogP contribution < -0.4 is 4.74 Å². The van der Waals surface area contributed by atoms with E-state index in [1.807, 2.05) is 55.5 Å². The van der Waals surface area contributed by atoms with Gasteiger partial charge in [0.25, 0.3) is 0 Å². The average molecular weight is 368 g/mol. The highest BCUT2D eigenvalue weighted by molar-refractivity contribution is 5.75. The van der Waals surface area contributed by atoms with Crippen LogP contribution in [0.5, 0.6) is 5.75 Å². The first-order valence-electron chi connectivity index (χ1n) is 9.06. The zero-order valence-electron chi connectivity index (χ0n) is 15.9. The fourth-order valence-electron chi connectivity index (χ4n) is 2.73. The lowest BCUT2D eigenvalue weighted by atomic mass is 9.98. The summed E-state index contributed by atoms with van der Waals surface area (Å²) in [6, 6.07) is 15.0. The summed E-state index contributed by atoms with van der Waals surface area (Å²) in [5, 5.41) is 0. The molecule has 3 rings (SSSR count). The maximum Gasteiger partial charge on any atom is 0.313 e. The third-order valence-electron chi connectivity index (χ3n) is 4.46. The number of epoxide rings is 1. The smallest absolute Gasteiger partial charge is 0.313 e. The number of esters is 2. The number of benzene rings is 2. The Bertz CT molecular complexity index is 822. The Morgan fingerprint density at radius 2 is 1.85 bits per heavy atom. The molecule has 27 heavy (non-hydrogen) atoms. The molecule has 0 bridgehead atoms. The molecule has 5 heteroatoms. The van der Waals surface area contributed by atoms with Crippen LogP contribution in [0.25, 0.3) is 0 Å². The summed E-state index contributed by atoms with van der Waals surface area (Å²) in [5.74, 6) is -0.397. The normalized spacial score (nSPS) is 18.2. The van der Waals surface area contributed by atoms with E-state index in [9.17, 15) is 9.59 Å². The van der Waals surface area contributed by atoms with Crippen molar-refractivity contribution in [2.24, 2.45) is 5.92 Å². The molecule has 1 aliphatic heterocycles. The summed E-state index contributed by atoms with van der Waals surface area (Å²) in [6.45, 7) is 6.00. The Kier molecular flexibility index (Phi) is 5.61. The number of ether oxygens (including phenoxy) is 3. The number of hydrogen-bond acceptors (Lipinski definition) is 5. The van der Waals surface area contributed by atoms with Crippen molar-refractivity contribution in [3.05, 3.63) is 65.2 Å². The van der Waals surface area contributed by atoms with Crippen LogP contribution in [-0.4, -0.2) is 25.2 Å². The highest BCUT2D eigenvalue weighted by Crippen LogP contribution is 2.44. The molecule has 0 aliphatic carbocycles. The van der Waals surface area contributed by atoms with E-state index >= 15 is 0 Å². The predicted molar refractivity (Wildman–Crippen MR) is 100 cm³/mol. The van der Waals surface area contributed by atoms with Crippen molar-refractivity contribution in [2.45, 2.75) is 32.8 Å². The van der Waals surface area contributed by atoms with Crippen LogP contribution in [0, 0.1) is 12.8 Å². The quantitative estimate of drug-likeness (QED) is 0.425. The molecule has 0 saturated carbocycles. The molecule has 1 saturated heterocycles. The molecule has 142 valence electrons. The molecule has 1 atom stereocenters. The molecular weight excluding hydrogens is 344 g/mol. The summed E-state index contributed by atoms with van der Waals surface area (Å²) in [6.07, 6.45) is 0.208. The van der Waals surface area contributed by atoms with Gasteiger partial charge in [-0.1, -0.05) is 56.3 Å². The van der Waals surface area contributed by atoms with E-state index in [4.69, 9.17) is 14.2 Å². The van der Waals surface area contributed by atoms with Gasteiger partial charge in [0.15, 0.2) is 5.60 Å². The first kappa shape index (κ1) is 19.1. The number of carbonyl (C=O) groups excluding carboxylic acids is 2. The van der Waals surface area contributed by atoms with Crippen LogP contribution in [-0.2, 0) is 31.1 Å². The van der Waals surface area contributed by atoms with Crippen LogP contribution in [0.4, 0.5) is 0 Å². The second-order valence-electron chi connectivity index (χ2n) is 7.18. The Morgan fingerprint density at radius 1 is 1.15 bits per heavy atom. The van der Waals surface area contributed by atoms with E-state index in [0.717, 1.165) is 16.7 Å². The van der Waals surface area contributed by atoms with Gasteiger partial charge in [0.05, 0.1) is 18.9 Å². The molecule has 1 fully saturated rings. The molecule has 0 aromatic heterocycles. The minimum Gasteiger partial charge on any atom is -0.462 e. The third-order valence-corrected chi connectivity index (χ3v) is 4.46. The summed E-state index contributed by atoms with van der Waals surface area (Å²) in [4.78, 5) is 24.2. The summed E-state index contributed by atoms with van der Waals surface area (Å²) < 4.78 is 16.7. The van der Waals surface area contributed by atoms with Gasteiger partial charge in [0, 0.05) is 5.56 Å². The Balaban J connectivity index is 1.70. The van der Waals surface area contributed by atoms with Crippen molar-refractivity contribution >= 4 is 11.9 Å². The standard InChI is InChI=1S/C22H24O5/c1-15(2)21(24)27-19-11-16(3)9-10-18(19)22(14-26-22)13-25-20(23)12-17-7-5-4-6-8-17/h4-11,15H,12-14H2,1-3H3. The monoisotopic (exact) mass is 368 g/mol. The molecule has 0 amide bonds. The van der Waals surface area contributed by atoms with Crippen molar-refractivity contribution < 1.29 is 23.8 Å². The van der Waals surface area contributed by atoms with Gasteiger partial charge >= 0.3 is 11.9 Å². The van der Waals surface area contributed by atoms with Gasteiger partial charge in [0.1, 0.15) is 12.4 Å². The van der Waals surface area contributed by atoms with Crippen molar-refractivity contribution in [2.75, 3.05) is 13.2 Å². The lowest BCUT2D eigenvalue weighted by Crippen LogP contribution is -2.23. The molecular formula is C22H24O5. The maximum absolute atomic E-state index is 12.2. The van der Waals surface area contributed by atoms with Crippen LogP contribution >= 0.6 is 0 Å². The highest BCUT2D eigenvalue weighted by atomic mass is 16.6. The summed E-state index contributed by atoms with van der Waals surface area (Å²) >= 11 is 0. The number of aryl methyl sites for hydroxylation is 1. The molecule has 0 radical (unpaired) electrons. The fraction of sp³-hybridized carbons (Fsp3) is 0.364. The van der Waals surface area contributed by atoms with Crippen LogP contribution in [0.2, 0.25) is 0 Å².